The number of aromatic nitrogens is 1. The molecular formula is C26H16Cl4N2O. The Morgan fingerprint density at radius 1 is 0.788 bits per heavy atom. The molecule has 1 heterocycles. The van der Waals surface area contributed by atoms with Crippen molar-refractivity contribution in [2.75, 3.05) is 0 Å². The summed E-state index contributed by atoms with van der Waals surface area (Å²) >= 11 is 25.3. The number of carbonyl (C=O) groups is 1. The summed E-state index contributed by atoms with van der Waals surface area (Å²) in [7, 11) is 0. The van der Waals surface area contributed by atoms with Gasteiger partial charge >= 0.3 is 0 Å². The molecule has 164 valence electrons. The normalized spacial score (nSPS) is 11.4. The van der Waals surface area contributed by atoms with E-state index in [1.54, 1.807) is 30.3 Å². The summed E-state index contributed by atoms with van der Waals surface area (Å²) in [4.78, 5) is 12.2. The topological polar surface area (TPSA) is 48.0 Å². The van der Waals surface area contributed by atoms with Gasteiger partial charge in [-0.3, -0.25) is 4.79 Å². The molecule has 5 rings (SSSR count). The highest BCUT2D eigenvalue weighted by molar-refractivity contribution is 6.36. The molecule has 3 nitrogen and oxygen atoms in total. The molecule has 0 saturated carbocycles. The van der Waals surface area contributed by atoms with Gasteiger partial charge in [-0.25, -0.2) is 0 Å². The Bertz CT molecular complexity index is 1570. The zero-order chi connectivity index (χ0) is 23.3. The maximum atomic E-state index is 12.2. The number of hydrogen-bond acceptors (Lipinski definition) is 1. The highest BCUT2D eigenvalue weighted by Gasteiger charge is 2.18. The number of fused-ring (bicyclic) bond motifs is 3. The summed E-state index contributed by atoms with van der Waals surface area (Å²) in [5, 5.41) is 4.04. The predicted molar refractivity (Wildman–Crippen MR) is 139 cm³/mol. The number of benzene rings is 4. The second-order valence-electron chi connectivity index (χ2n) is 7.74. The Morgan fingerprint density at radius 3 is 2.30 bits per heavy atom. The van der Waals surface area contributed by atoms with Crippen molar-refractivity contribution in [3.63, 3.8) is 0 Å². The molecule has 0 radical (unpaired) electrons. The number of nitrogens with zero attached hydrogens (tertiary/aromatic N) is 1. The summed E-state index contributed by atoms with van der Waals surface area (Å²) in [6, 6.07) is 22.3. The van der Waals surface area contributed by atoms with Gasteiger partial charge in [0.05, 0.1) is 11.0 Å². The third-order valence-electron chi connectivity index (χ3n) is 5.73. The molecule has 0 aliphatic rings. The van der Waals surface area contributed by atoms with E-state index in [2.05, 4.69) is 4.57 Å². The Kier molecular flexibility index (Phi) is 5.75. The van der Waals surface area contributed by atoms with Crippen LogP contribution in [0.1, 0.15) is 15.9 Å². The smallest absolute Gasteiger partial charge is 0.249 e. The highest BCUT2D eigenvalue weighted by Crippen LogP contribution is 2.37. The first kappa shape index (κ1) is 22.1. The van der Waals surface area contributed by atoms with Crippen molar-refractivity contribution in [2.45, 2.75) is 6.54 Å². The molecule has 4 aromatic carbocycles. The number of rotatable bonds is 4. The van der Waals surface area contributed by atoms with Crippen molar-refractivity contribution in [3.8, 4) is 11.1 Å². The predicted octanol–water partition coefficient (Wildman–Crippen LogP) is 8.22. The van der Waals surface area contributed by atoms with Gasteiger partial charge in [-0.05, 0) is 59.7 Å². The van der Waals surface area contributed by atoms with Crippen LogP contribution in [0.4, 0.5) is 0 Å². The third kappa shape index (κ3) is 3.96. The number of amides is 1. The fourth-order valence-corrected chi connectivity index (χ4v) is 5.14. The maximum Gasteiger partial charge on any atom is 0.249 e. The number of carbonyl (C=O) groups excluding carboxylic acids is 1. The summed E-state index contributed by atoms with van der Waals surface area (Å²) in [5.74, 6) is -0.481. The average molecular weight is 514 g/mol. The lowest BCUT2D eigenvalue weighted by molar-refractivity contribution is 0.100. The van der Waals surface area contributed by atoms with Crippen LogP contribution in [-0.2, 0) is 6.54 Å². The van der Waals surface area contributed by atoms with Gasteiger partial charge in [-0.2, -0.15) is 0 Å². The van der Waals surface area contributed by atoms with Crippen molar-refractivity contribution in [1.82, 2.24) is 4.57 Å². The minimum absolute atomic E-state index is 0.458. The number of primary amides is 1. The van der Waals surface area contributed by atoms with E-state index < -0.39 is 5.91 Å². The zero-order valence-corrected chi connectivity index (χ0v) is 20.1. The van der Waals surface area contributed by atoms with Crippen molar-refractivity contribution in [1.29, 1.82) is 0 Å². The van der Waals surface area contributed by atoms with Gasteiger partial charge in [0.1, 0.15) is 0 Å². The molecule has 0 atom stereocenters. The lowest BCUT2D eigenvalue weighted by Crippen LogP contribution is -2.11. The van der Waals surface area contributed by atoms with E-state index in [0.717, 1.165) is 38.5 Å². The van der Waals surface area contributed by atoms with Crippen LogP contribution in [0.25, 0.3) is 32.9 Å². The fourth-order valence-electron chi connectivity index (χ4n) is 4.25. The summed E-state index contributed by atoms with van der Waals surface area (Å²) < 4.78 is 2.11. The number of nitrogens with two attached hydrogens (primary N) is 1. The molecular weight excluding hydrogens is 498 g/mol. The van der Waals surface area contributed by atoms with Crippen LogP contribution in [-0.4, -0.2) is 10.5 Å². The van der Waals surface area contributed by atoms with E-state index in [-0.39, 0.29) is 0 Å². The molecule has 0 aliphatic heterocycles. The molecule has 0 fully saturated rings. The Morgan fingerprint density at radius 2 is 1.55 bits per heavy atom. The molecule has 0 saturated heterocycles. The van der Waals surface area contributed by atoms with Gasteiger partial charge in [0.25, 0.3) is 0 Å². The van der Waals surface area contributed by atoms with Crippen LogP contribution in [0.2, 0.25) is 20.1 Å². The first-order valence-electron chi connectivity index (χ1n) is 10.1. The monoisotopic (exact) mass is 512 g/mol. The second kappa shape index (κ2) is 8.58. The molecule has 0 spiro atoms. The third-order valence-corrected chi connectivity index (χ3v) is 6.89. The summed E-state index contributed by atoms with van der Waals surface area (Å²) in [5.41, 5.74) is 10.6. The quantitative estimate of drug-likeness (QED) is 0.258. The van der Waals surface area contributed by atoms with Crippen molar-refractivity contribution >= 4 is 74.1 Å². The fraction of sp³-hybridized carbons (Fsp3) is 0.0385. The van der Waals surface area contributed by atoms with Gasteiger partial charge in [0.2, 0.25) is 5.91 Å². The summed E-state index contributed by atoms with van der Waals surface area (Å²) in [6.45, 7) is 0.458. The van der Waals surface area contributed by atoms with Gasteiger partial charge in [-0.15, -0.1) is 0 Å². The van der Waals surface area contributed by atoms with E-state index in [4.69, 9.17) is 52.1 Å². The number of halogens is 4. The number of hydrogen-bond donors (Lipinski definition) is 1. The lowest BCUT2D eigenvalue weighted by Gasteiger charge is -2.11. The van der Waals surface area contributed by atoms with Crippen LogP contribution in [0.3, 0.4) is 0 Å². The second-order valence-corrected chi connectivity index (χ2v) is 9.43. The standard InChI is InChI=1S/C26H16Cl4N2O/c27-16-6-9-21(29)15(10-16)13-32-23-3-1-2-20(26(31)33)25(23)19-7-4-14(11-24(19)32)18-8-5-17(28)12-22(18)30/h1-12H,13H2,(H2,31,33). The van der Waals surface area contributed by atoms with Crippen LogP contribution < -0.4 is 5.73 Å². The van der Waals surface area contributed by atoms with E-state index >= 15 is 0 Å². The van der Waals surface area contributed by atoms with E-state index in [0.29, 0.717) is 32.2 Å². The van der Waals surface area contributed by atoms with E-state index in [1.165, 1.54) is 0 Å². The highest BCUT2D eigenvalue weighted by atomic mass is 35.5. The van der Waals surface area contributed by atoms with Crippen LogP contribution in [0.5, 0.6) is 0 Å². The van der Waals surface area contributed by atoms with Crippen LogP contribution in [0, 0.1) is 0 Å². The van der Waals surface area contributed by atoms with E-state index in [9.17, 15) is 4.79 Å². The Hall–Kier alpha value is -2.69. The van der Waals surface area contributed by atoms with E-state index in [1.807, 2.05) is 42.5 Å². The molecule has 1 aromatic heterocycles. The molecule has 7 heteroatoms. The van der Waals surface area contributed by atoms with Crippen molar-refractivity contribution in [2.24, 2.45) is 5.73 Å². The molecule has 0 bridgehead atoms. The van der Waals surface area contributed by atoms with Crippen LogP contribution in [0.15, 0.2) is 72.8 Å². The van der Waals surface area contributed by atoms with Gasteiger partial charge in [0.15, 0.2) is 0 Å². The van der Waals surface area contributed by atoms with Gasteiger partial charge in [-0.1, -0.05) is 70.7 Å². The molecule has 5 aromatic rings. The molecule has 0 aliphatic carbocycles. The van der Waals surface area contributed by atoms with Gasteiger partial charge < -0.3 is 10.3 Å². The molecule has 1 amide bonds. The Balaban J connectivity index is 1.82. The lowest BCUT2D eigenvalue weighted by atomic mass is 10.0. The maximum absolute atomic E-state index is 12.2. The van der Waals surface area contributed by atoms with Gasteiger partial charge in [0, 0.05) is 48.5 Å². The minimum Gasteiger partial charge on any atom is -0.366 e. The molecule has 0 unspecified atom stereocenters. The first-order chi connectivity index (χ1) is 15.8. The molecule has 2 N–H and O–H groups in total. The SMILES string of the molecule is NC(=O)c1cccc2c1c1ccc(-c3ccc(Cl)cc3Cl)cc1n2Cc1cc(Cl)ccc1Cl. The first-order valence-corrected chi connectivity index (χ1v) is 11.6. The average Bonchev–Trinajstić information content (AvgIpc) is 3.09. The Labute approximate surface area is 210 Å². The zero-order valence-electron chi connectivity index (χ0n) is 17.1. The van der Waals surface area contributed by atoms with Crippen molar-refractivity contribution in [3.05, 3.63) is 104 Å². The minimum atomic E-state index is -0.481. The van der Waals surface area contributed by atoms with Crippen LogP contribution >= 0.6 is 46.4 Å². The molecule has 33 heavy (non-hydrogen) atoms. The largest absolute Gasteiger partial charge is 0.366 e. The summed E-state index contributed by atoms with van der Waals surface area (Å²) in [6.07, 6.45) is 0. The van der Waals surface area contributed by atoms with Crippen molar-refractivity contribution < 1.29 is 4.79 Å².